The lowest BCUT2D eigenvalue weighted by Crippen LogP contribution is -2.10. The SMILES string of the molecule is CCCCOc1cccc(N(C)c2ccc(-c3ccc(N(c4ccc(C)cc4)c4cccc(OCCCC)c4)cc3)cc2)c1. The summed E-state index contributed by atoms with van der Waals surface area (Å²) in [6.07, 6.45) is 4.35. The highest BCUT2D eigenvalue weighted by Gasteiger charge is 2.14. The van der Waals surface area contributed by atoms with Crippen molar-refractivity contribution in [3.8, 4) is 22.6 Å². The molecule has 4 nitrogen and oxygen atoms in total. The molecule has 0 heterocycles. The molecule has 0 amide bonds. The van der Waals surface area contributed by atoms with Crippen molar-refractivity contribution in [2.24, 2.45) is 0 Å². The van der Waals surface area contributed by atoms with Gasteiger partial charge in [-0.25, -0.2) is 0 Å². The minimum absolute atomic E-state index is 0.730. The number of hydrogen-bond acceptors (Lipinski definition) is 4. The molecule has 226 valence electrons. The average molecular weight is 585 g/mol. The number of unbranched alkanes of at least 4 members (excludes halogenated alkanes) is 2. The quantitative estimate of drug-likeness (QED) is 0.121. The lowest BCUT2D eigenvalue weighted by atomic mass is 10.0. The van der Waals surface area contributed by atoms with Crippen LogP contribution in [0.15, 0.2) is 121 Å². The Labute approximate surface area is 263 Å². The van der Waals surface area contributed by atoms with Gasteiger partial charge in [0.1, 0.15) is 11.5 Å². The predicted octanol–water partition coefficient (Wildman–Crippen LogP) is 11.3. The normalized spacial score (nSPS) is 10.8. The monoisotopic (exact) mass is 584 g/mol. The van der Waals surface area contributed by atoms with Crippen LogP contribution in [-0.2, 0) is 0 Å². The second-order valence-corrected chi connectivity index (χ2v) is 11.2. The Kier molecular flexibility index (Phi) is 10.6. The Morgan fingerprint density at radius 3 is 1.48 bits per heavy atom. The van der Waals surface area contributed by atoms with E-state index in [0.29, 0.717) is 0 Å². The van der Waals surface area contributed by atoms with Gasteiger partial charge in [0, 0.05) is 47.6 Å². The summed E-state index contributed by atoms with van der Waals surface area (Å²) in [5.41, 5.74) is 9.11. The van der Waals surface area contributed by atoms with Crippen LogP contribution in [-0.4, -0.2) is 20.3 Å². The van der Waals surface area contributed by atoms with E-state index >= 15 is 0 Å². The molecule has 5 aromatic carbocycles. The minimum Gasteiger partial charge on any atom is -0.494 e. The van der Waals surface area contributed by atoms with Crippen LogP contribution in [0.1, 0.15) is 45.1 Å². The molecular formula is C40H44N2O2. The first-order valence-electron chi connectivity index (χ1n) is 15.8. The lowest BCUT2D eigenvalue weighted by molar-refractivity contribution is 0.309. The van der Waals surface area contributed by atoms with Gasteiger partial charge in [-0.05, 0) is 91.6 Å². The van der Waals surface area contributed by atoms with Gasteiger partial charge in [0.15, 0.2) is 0 Å². The van der Waals surface area contributed by atoms with Gasteiger partial charge in [0.05, 0.1) is 13.2 Å². The number of aryl methyl sites for hydroxylation is 1. The predicted molar refractivity (Wildman–Crippen MR) is 187 cm³/mol. The van der Waals surface area contributed by atoms with Crippen molar-refractivity contribution < 1.29 is 9.47 Å². The first-order valence-corrected chi connectivity index (χ1v) is 15.8. The molecule has 0 aliphatic heterocycles. The maximum Gasteiger partial charge on any atom is 0.121 e. The number of hydrogen-bond donors (Lipinski definition) is 0. The lowest BCUT2D eigenvalue weighted by Gasteiger charge is -2.26. The maximum atomic E-state index is 6.05. The molecule has 0 atom stereocenters. The van der Waals surface area contributed by atoms with Gasteiger partial charge < -0.3 is 19.3 Å². The third kappa shape index (κ3) is 7.82. The summed E-state index contributed by atoms with van der Waals surface area (Å²) in [7, 11) is 2.10. The Bertz CT molecular complexity index is 1590. The van der Waals surface area contributed by atoms with Crippen LogP contribution in [0.25, 0.3) is 11.1 Å². The van der Waals surface area contributed by atoms with Crippen molar-refractivity contribution in [3.63, 3.8) is 0 Å². The molecule has 0 saturated heterocycles. The average Bonchev–Trinajstić information content (AvgIpc) is 3.06. The van der Waals surface area contributed by atoms with Crippen LogP contribution < -0.4 is 19.3 Å². The molecule has 0 aliphatic rings. The smallest absolute Gasteiger partial charge is 0.121 e. The van der Waals surface area contributed by atoms with E-state index in [9.17, 15) is 0 Å². The highest BCUT2D eigenvalue weighted by atomic mass is 16.5. The molecule has 4 heteroatoms. The molecule has 0 saturated carbocycles. The second-order valence-electron chi connectivity index (χ2n) is 11.2. The molecule has 5 rings (SSSR count). The van der Waals surface area contributed by atoms with E-state index in [4.69, 9.17) is 9.47 Å². The van der Waals surface area contributed by atoms with Gasteiger partial charge in [0.2, 0.25) is 0 Å². The zero-order valence-electron chi connectivity index (χ0n) is 26.5. The van der Waals surface area contributed by atoms with Gasteiger partial charge in [-0.3, -0.25) is 0 Å². The fourth-order valence-electron chi connectivity index (χ4n) is 5.13. The third-order valence-electron chi connectivity index (χ3n) is 7.82. The standard InChI is InChI=1S/C40H44N2O2/c1-5-7-27-43-39-13-9-11-37(29-39)41(4)34-23-17-32(18-24-34)33-19-25-36(26-20-33)42(35-21-15-31(3)16-22-35)38-12-10-14-40(30-38)44-28-8-6-2/h9-26,29-30H,5-8,27-28H2,1-4H3. The molecule has 0 fully saturated rings. The van der Waals surface area contributed by atoms with Crippen LogP contribution in [0.3, 0.4) is 0 Å². The first kappa shape index (κ1) is 30.7. The van der Waals surface area contributed by atoms with Gasteiger partial charge in [-0.15, -0.1) is 0 Å². The van der Waals surface area contributed by atoms with Crippen LogP contribution in [0.5, 0.6) is 11.5 Å². The van der Waals surface area contributed by atoms with Crippen molar-refractivity contribution >= 4 is 28.4 Å². The van der Waals surface area contributed by atoms with Crippen LogP contribution >= 0.6 is 0 Å². The molecule has 0 radical (unpaired) electrons. The second kappa shape index (κ2) is 15.2. The van der Waals surface area contributed by atoms with Crippen molar-refractivity contribution in [1.82, 2.24) is 0 Å². The molecule has 0 N–H and O–H groups in total. The topological polar surface area (TPSA) is 24.9 Å². The largest absolute Gasteiger partial charge is 0.494 e. The van der Waals surface area contributed by atoms with E-state index < -0.39 is 0 Å². The third-order valence-corrected chi connectivity index (χ3v) is 7.82. The highest BCUT2D eigenvalue weighted by molar-refractivity contribution is 5.79. The Morgan fingerprint density at radius 1 is 0.500 bits per heavy atom. The number of nitrogens with zero attached hydrogens (tertiary/aromatic N) is 2. The van der Waals surface area contributed by atoms with Crippen LogP contribution in [0, 0.1) is 6.92 Å². The molecule has 5 aromatic rings. The Balaban J connectivity index is 1.36. The molecule has 44 heavy (non-hydrogen) atoms. The van der Waals surface area contributed by atoms with Gasteiger partial charge in [0.25, 0.3) is 0 Å². The molecule has 0 bridgehead atoms. The van der Waals surface area contributed by atoms with Crippen LogP contribution in [0.4, 0.5) is 28.4 Å². The summed E-state index contributed by atoms with van der Waals surface area (Å²) in [6, 6.07) is 42.9. The zero-order valence-corrected chi connectivity index (χ0v) is 26.5. The van der Waals surface area contributed by atoms with E-state index in [2.05, 4.69) is 147 Å². The number of ether oxygens (including phenoxy) is 2. The highest BCUT2D eigenvalue weighted by Crippen LogP contribution is 2.37. The van der Waals surface area contributed by atoms with E-state index in [1.807, 2.05) is 12.1 Å². The summed E-state index contributed by atoms with van der Waals surface area (Å²) >= 11 is 0. The Hall–Kier alpha value is -4.70. The summed E-state index contributed by atoms with van der Waals surface area (Å²) in [4.78, 5) is 4.48. The van der Waals surface area contributed by atoms with Crippen molar-refractivity contribution in [3.05, 3.63) is 127 Å². The molecular weight excluding hydrogens is 540 g/mol. The van der Waals surface area contributed by atoms with Gasteiger partial charge in [-0.1, -0.05) is 80.8 Å². The molecule has 0 spiro atoms. The summed E-state index contributed by atoms with van der Waals surface area (Å²) in [6.45, 7) is 7.96. The fraction of sp³-hybridized carbons (Fsp3) is 0.250. The minimum atomic E-state index is 0.730. The van der Waals surface area contributed by atoms with Crippen molar-refractivity contribution in [2.45, 2.75) is 46.5 Å². The first-order chi connectivity index (χ1) is 21.6. The van der Waals surface area contributed by atoms with E-state index in [1.165, 1.54) is 16.7 Å². The zero-order chi connectivity index (χ0) is 30.7. The van der Waals surface area contributed by atoms with Gasteiger partial charge >= 0.3 is 0 Å². The number of benzene rings is 5. The maximum absolute atomic E-state index is 6.05. The van der Waals surface area contributed by atoms with Crippen molar-refractivity contribution in [1.29, 1.82) is 0 Å². The fourth-order valence-corrected chi connectivity index (χ4v) is 5.13. The summed E-state index contributed by atoms with van der Waals surface area (Å²) in [5, 5.41) is 0. The van der Waals surface area contributed by atoms with Crippen LogP contribution in [0.2, 0.25) is 0 Å². The van der Waals surface area contributed by atoms with E-state index in [1.54, 1.807) is 0 Å². The number of anilines is 5. The summed E-state index contributed by atoms with van der Waals surface area (Å²) < 4.78 is 12.0. The van der Waals surface area contributed by atoms with E-state index in [0.717, 1.165) is 78.8 Å². The van der Waals surface area contributed by atoms with Gasteiger partial charge in [-0.2, -0.15) is 0 Å². The van der Waals surface area contributed by atoms with Crippen molar-refractivity contribution in [2.75, 3.05) is 30.1 Å². The number of rotatable bonds is 14. The molecule has 0 aliphatic carbocycles. The Morgan fingerprint density at radius 2 is 0.955 bits per heavy atom. The molecule has 0 aromatic heterocycles. The molecule has 0 unspecified atom stereocenters. The summed E-state index contributed by atoms with van der Waals surface area (Å²) in [5.74, 6) is 1.81. The van der Waals surface area contributed by atoms with E-state index in [-0.39, 0.29) is 0 Å².